The van der Waals surface area contributed by atoms with Crippen molar-refractivity contribution in [1.82, 2.24) is 24.5 Å². The molecule has 0 radical (unpaired) electrons. The van der Waals surface area contributed by atoms with Crippen LogP contribution in [0.1, 0.15) is 55.4 Å². The fourth-order valence-electron chi connectivity index (χ4n) is 4.75. The highest BCUT2D eigenvalue weighted by molar-refractivity contribution is 6.00. The molecule has 1 unspecified atom stereocenters. The lowest BCUT2D eigenvalue weighted by Crippen LogP contribution is -2.35. The number of nitrogens with zero attached hydrogens (tertiary/aromatic N) is 4. The Morgan fingerprint density at radius 2 is 2.15 bits per heavy atom. The number of pyridine rings is 1. The zero-order chi connectivity index (χ0) is 24.0. The van der Waals surface area contributed by atoms with Crippen LogP contribution >= 0.6 is 0 Å². The number of hydrogen-bond acceptors (Lipinski definition) is 7. The van der Waals surface area contributed by atoms with Crippen molar-refractivity contribution in [1.29, 1.82) is 0 Å². The maximum absolute atomic E-state index is 13.3. The number of alkyl halides is 1. The molecule has 3 heterocycles. The molecule has 0 bridgehead atoms. The fourth-order valence-corrected chi connectivity index (χ4v) is 4.75. The summed E-state index contributed by atoms with van der Waals surface area (Å²) in [5, 5.41) is 23.5. The molecule has 34 heavy (non-hydrogen) atoms. The van der Waals surface area contributed by atoms with E-state index in [1.165, 1.54) is 10.7 Å². The SMILES string of the molecule is CNc1cc(Nc2cccn(C3CC(F)C3)c2=O)nc2c(C(=O)NC3CC[C@](C)(O)C3)cnn12. The van der Waals surface area contributed by atoms with E-state index < -0.39 is 11.8 Å². The van der Waals surface area contributed by atoms with Gasteiger partial charge in [0.25, 0.3) is 11.5 Å². The number of fused-ring (bicyclic) bond motifs is 1. The van der Waals surface area contributed by atoms with E-state index >= 15 is 0 Å². The number of hydrogen-bond donors (Lipinski definition) is 4. The summed E-state index contributed by atoms with van der Waals surface area (Å²) in [6.45, 7) is 1.77. The van der Waals surface area contributed by atoms with Crippen LogP contribution in [0.25, 0.3) is 5.65 Å². The number of rotatable bonds is 6. The highest BCUT2D eigenvalue weighted by atomic mass is 19.1. The Kier molecular flexibility index (Phi) is 5.51. The zero-order valence-electron chi connectivity index (χ0n) is 19.1. The predicted molar refractivity (Wildman–Crippen MR) is 125 cm³/mol. The maximum Gasteiger partial charge on any atom is 0.274 e. The van der Waals surface area contributed by atoms with Crippen LogP contribution in [0, 0.1) is 0 Å². The Morgan fingerprint density at radius 3 is 2.82 bits per heavy atom. The van der Waals surface area contributed by atoms with Gasteiger partial charge in [0.2, 0.25) is 0 Å². The van der Waals surface area contributed by atoms with Crippen LogP contribution in [-0.2, 0) is 0 Å². The van der Waals surface area contributed by atoms with E-state index in [2.05, 4.69) is 26.0 Å². The molecule has 0 aliphatic heterocycles. The van der Waals surface area contributed by atoms with Gasteiger partial charge in [-0.3, -0.25) is 9.59 Å². The van der Waals surface area contributed by atoms with Crippen molar-refractivity contribution in [2.24, 2.45) is 0 Å². The van der Waals surface area contributed by atoms with Crippen molar-refractivity contribution >= 4 is 28.9 Å². The van der Waals surface area contributed by atoms with Gasteiger partial charge in [-0.2, -0.15) is 9.61 Å². The molecule has 5 rings (SSSR count). The van der Waals surface area contributed by atoms with Crippen LogP contribution in [0.15, 0.2) is 35.4 Å². The topological polar surface area (TPSA) is 126 Å². The average molecular weight is 470 g/mol. The second kappa shape index (κ2) is 8.39. The van der Waals surface area contributed by atoms with Crippen molar-refractivity contribution in [3.8, 4) is 0 Å². The predicted octanol–water partition coefficient (Wildman–Crippen LogP) is 2.38. The smallest absolute Gasteiger partial charge is 0.274 e. The Morgan fingerprint density at radius 1 is 1.35 bits per heavy atom. The van der Waals surface area contributed by atoms with Crippen molar-refractivity contribution in [3.05, 3.63) is 46.5 Å². The van der Waals surface area contributed by atoms with Gasteiger partial charge in [0, 0.05) is 31.4 Å². The third-order valence-corrected chi connectivity index (χ3v) is 6.71. The standard InChI is InChI=1S/C23H28FN7O3/c1-23(34)6-5-14(11-23)27-21(32)16-12-26-31-19(25-2)10-18(29-20(16)31)28-17-4-3-7-30(22(17)33)15-8-13(24)9-15/h3-4,7,10,12-15,25,34H,5-6,8-9,11H2,1-2H3,(H,27,32)(H,28,29)/t13?,14?,15?,23-/m0/s1. The van der Waals surface area contributed by atoms with Crippen LogP contribution in [0.5, 0.6) is 0 Å². The van der Waals surface area contributed by atoms with E-state index in [0.717, 1.165) is 0 Å². The number of halogens is 1. The monoisotopic (exact) mass is 469 g/mol. The first-order valence-electron chi connectivity index (χ1n) is 11.5. The van der Waals surface area contributed by atoms with Gasteiger partial charge in [0.1, 0.15) is 29.1 Å². The summed E-state index contributed by atoms with van der Waals surface area (Å²) >= 11 is 0. The first-order chi connectivity index (χ1) is 16.2. The third-order valence-electron chi connectivity index (χ3n) is 6.71. The quantitative estimate of drug-likeness (QED) is 0.437. The Hall–Kier alpha value is -3.47. The summed E-state index contributed by atoms with van der Waals surface area (Å²) in [5.41, 5.74) is -0.108. The van der Waals surface area contributed by atoms with Crippen LogP contribution in [-0.4, -0.2) is 55.0 Å². The second-order valence-electron chi connectivity index (χ2n) is 9.46. The van der Waals surface area contributed by atoms with Gasteiger partial charge < -0.3 is 25.6 Å². The van der Waals surface area contributed by atoms with Crippen LogP contribution < -0.4 is 21.5 Å². The van der Waals surface area contributed by atoms with Crippen molar-refractivity contribution in [3.63, 3.8) is 0 Å². The molecule has 3 aromatic heterocycles. The molecule has 2 fully saturated rings. The molecule has 180 valence electrons. The van der Waals surface area contributed by atoms with Gasteiger partial charge in [-0.1, -0.05) is 0 Å². The number of carbonyl (C=O) groups excluding carboxylic acids is 1. The van der Waals surface area contributed by atoms with E-state index in [1.54, 1.807) is 42.9 Å². The van der Waals surface area contributed by atoms with Crippen molar-refractivity contribution in [2.45, 2.75) is 62.9 Å². The largest absolute Gasteiger partial charge is 0.390 e. The van der Waals surface area contributed by atoms with Gasteiger partial charge in [0.15, 0.2) is 5.65 Å². The summed E-state index contributed by atoms with van der Waals surface area (Å²) in [5.74, 6) is 0.616. The van der Waals surface area contributed by atoms with E-state index in [0.29, 0.717) is 60.6 Å². The van der Waals surface area contributed by atoms with Crippen molar-refractivity contribution in [2.75, 3.05) is 17.7 Å². The third kappa shape index (κ3) is 4.11. The molecular formula is C23H28FN7O3. The number of aliphatic hydroxyl groups is 1. The maximum atomic E-state index is 13.3. The molecule has 2 aliphatic carbocycles. The highest BCUT2D eigenvalue weighted by Crippen LogP contribution is 2.34. The number of carbonyl (C=O) groups is 1. The van der Waals surface area contributed by atoms with E-state index in [-0.39, 0.29) is 23.6 Å². The Balaban J connectivity index is 1.43. The number of amides is 1. The second-order valence-corrected chi connectivity index (χ2v) is 9.46. The zero-order valence-corrected chi connectivity index (χ0v) is 19.1. The van der Waals surface area contributed by atoms with Gasteiger partial charge in [0.05, 0.1) is 11.8 Å². The first kappa shape index (κ1) is 22.3. The van der Waals surface area contributed by atoms with Gasteiger partial charge >= 0.3 is 0 Å². The molecule has 0 spiro atoms. The summed E-state index contributed by atoms with van der Waals surface area (Å²) in [7, 11) is 1.72. The lowest BCUT2D eigenvalue weighted by atomic mass is 9.90. The molecule has 0 aromatic carbocycles. The number of aromatic nitrogens is 4. The van der Waals surface area contributed by atoms with Crippen LogP contribution in [0.4, 0.5) is 21.7 Å². The van der Waals surface area contributed by atoms with Gasteiger partial charge in [-0.25, -0.2) is 9.37 Å². The molecule has 0 saturated heterocycles. The molecule has 3 aromatic rings. The minimum Gasteiger partial charge on any atom is -0.390 e. The fraction of sp³-hybridized carbons (Fsp3) is 0.478. The normalized spacial score (nSPS) is 26.3. The summed E-state index contributed by atoms with van der Waals surface area (Å²) in [6, 6.07) is 4.80. The Labute approximate surface area is 195 Å². The number of nitrogens with one attached hydrogen (secondary N) is 3. The first-order valence-corrected chi connectivity index (χ1v) is 11.5. The Bertz CT molecular complexity index is 1300. The molecule has 11 heteroatoms. The van der Waals surface area contributed by atoms with E-state index in [9.17, 15) is 19.1 Å². The average Bonchev–Trinajstić information content (AvgIpc) is 3.35. The molecular weight excluding hydrogens is 441 g/mol. The molecule has 2 aliphatic rings. The molecule has 1 amide bonds. The molecule has 10 nitrogen and oxygen atoms in total. The summed E-state index contributed by atoms with van der Waals surface area (Å²) in [6.07, 6.45) is 4.75. The summed E-state index contributed by atoms with van der Waals surface area (Å²) in [4.78, 5) is 30.5. The van der Waals surface area contributed by atoms with Crippen molar-refractivity contribution < 1.29 is 14.3 Å². The molecule has 2 atom stereocenters. The molecule has 4 N–H and O–H groups in total. The van der Waals surface area contributed by atoms with Gasteiger partial charge in [-0.15, -0.1) is 0 Å². The van der Waals surface area contributed by atoms with Crippen LogP contribution in [0.3, 0.4) is 0 Å². The van der Waals surface area contributed by atoms with E-state index in [4.69, 9.17) is 0 Å². The minimum atomic E-state index is -0.863. The molecule has 2 saturated carbocycles. The summed E-state index contributed by atoms with van der Waals surface area (Å²) < 4.78 is 16.4. The van der Waals surface area contributed by atoms with Gasteiger partial charge in [-0.05, 0) is 51.2 Å². The lowest BCUT2D eigenvalue weighted by Gasteiger charge is -2.31. The lowest BCUT2D eigenvalue weighted by molar-refractivity contribution is 0.0647. The highest BCUT2D eigenvalue weighted by Gasteiger charge is 2.34. The minimum absolute atomic E-state index is 0.124. The van der Waals surface area contributed by atoms with E-state index in [1.807, 2.05) is 0 Å². The number of anilines is 3. The van der Waals surface area contributed by atoms with Crippen LogP contribution in [0.2, 0.25) is 0 Å².